The first-order valence-electron chi connectivity index (χ1n) is 10.1. The van der Waals surface area contributed by atoms with Crippen molar-refractivity contribution in [3.05, 3.63) is 88.5 Å². The standard InChI is InChI=1S/C26H26O6/c1-16-11-12-19(13-17(16)2)23(27)24(18-9-7-6-8-10-18)32-26(28)20-14-21(29-3)25(31-5)22(15-20)30-4/h6-15,24H,1-5H3. The van der Waals surface area contributed by atoms with Crippen molar-refractivity contribution in [2.75, 3.05) is 21.3 Å². The Labute approximate surface area is 187 Å². The quantitative estimate of drug-likeness (QED) is 0.362. The van der Waals surface area contributed by atoms with E-state index >= 15 is 0 Å². The molecule has 0 spiro atoms. The highest BCUT2D eigenvalue weighted by atomic mass is 16.5. The minimum atomic E-state index is -1.11. The van der Waals surface area contributed by atoms with Gasteiger partial charge in [0.25, 0.3) is 0 Å². The zero-order chi connectivity index (χ0) is 23.3. The molecular weight excluding hydrogens is 408 g/mol. The van der Waals surface area contributed by atoms with E-state index in [-0.39, 0.29) is 11.3 Å². The zero-order valence-electron chi connectivity index (χ0n) is 18.8. The molecule has 0 aliphatic heterocycles. The minimum Gasteiger partial charge on any atom is -0.493 e. The van der Waals surface area contributed by atoms with E-state index in [2.05, 4.69) is 0 Å². The molecule has 1 atom stereocenters. The van der Waals surface area contributed by atoms with Crippen LogP contribution in [0.25, 0.3) is 0 Å². The van der Waals surface area contributed by atoms with E-state index in [1.165, 1.54) is 33.5 Å². The van der Waals surface area contributed by atoms with Crippen LogP contribution in [0, 0.1) is 13.8 Å². The van der Waals surface area contributed by atoms with Crippen LogP contribution in [-0.2, 0) is 4.74 Å². The van der Waals surface area contributed by atoms with Gasteiger partial charge in [0.1, 0.15) is 0 Å². The molecule has 0 aliphatic carbocycles. The Morgan fingerprint density at radius 3 is 1.88 bits per heavy atom. The largest absolute Gasteiger partial charge is 0.493 e. The molecule has 32 heavy (non-hydrogen) atoms. The summed E-state index contributed by atoms with van der Waals surface area (Å²) in [6.45, 7) is 3.91. The number of ketones is 1. The van der Waals surface area contributed by atoms with Crippen LogP contribution in [0.3, 0.4) is 0 Å². The van der Waals surface area contributed by atoms with Gasteiger partial charge in [-0.2, -0.15) is 0 Å². The number of esters is 1. The summed E-state index contributed by atoms with van der Waals surface area (Å²) >= 11 is 0. The van der Waals surface area contributed by atoms with Crippen molar-refractivity contribution >= 4 is 11.8 Å². The molecule has 0 saturated carbocycles. The number of benzene rings is 3. The molecule has 0 bridgehead atoms. The van der Waals surface area contributed by atoms with E-state index in [9.17, 15) is 9.59 Å². The lowest BCUT2D eigenvalue weighted by Crippen LogP contribution is -2.20. The number of methoxy groups -OCH3 is 3. The van der Waals surface area contributed by atoms with Crippen LogP contribution < -0.4 is 14.2 Å². The van der Waals surface area contributed by atoms with Crippen LogP contribution in [0.4, 0.5) is 0 Å². The minimum absolute atomic E-state index is 0.174. The Morgan fingerprint density at radius 1 is 0.719 bits per heavy atom. The van der Waals surface area contributed by atoms with Crippen molar-refractivity contribution in [2.45, 2.75) is 20.0 Å². The van der Waals surface area contributed by atoms with Gasteiger partial charge in [-0.15, -0.1) is 0 Å². The first-order chi connectivity index (χ1) is 15.4. The second-order valence-corrected chi connectivity index (χ2v) is 7.27. The molecule has 0 aromatic heterocycles. The summed E-state index contributed by atoms with van der Waals surface area (Å²) in [6.07, 6.45) is -1.11. The molecule has 0 fully saturated rings. The van der Waals surface area contributed by atoms with E-state index < -0.39 is 12.1 Å². The summed E-state index contributed by atoms with van der Waals surface area (Å²) in [4.78, 5) is 26.5. The smallest absolute Gasteiger partial charge is 0.339 e. The molecule has 0 amide bonds. The molecule has 3 aromatic carbocycles. The third-order valence-electron chi connectivity index (χ3n) is 5.26. The van der Waals surface area contributed by atoms with E-state index in [4.69, 9.17) is 18.9 Å². The maximum absolute atomic E-state index is 13.4. The molecule has 3 aromatic rings. The summed E-state index contributed by atoms with van der Waals surface area (Å²) in [7, 11) is 4.40. The lowest BCUT2D eigenvalue weighted by Gasteiger charge is -2.19. The number of carbonyl (C=O) groups is 2. The average Bonchev–Trinajstić information content (AvgIpc) is 2.83. The van der Waals surface area contributed by atoms with Crippen molar-refractivity contribution in [3.8, 4) is 17.2 Å². The molecule has 1 unspecified atom stereocenters. The fraction of sp³-hybridized carbons (Fsp3) is 0.231. The van der Waals surface area contributed by atoms with Gasteiger partial charge in [-0.25, -0.2) is 4.79 Å². The highest BCUT2D eigenvalue weighted by molar-refractivity contribution is 6.02. The summed E-state index contributed by atoms with van der Waals surface area (Å²) in [6, 6.07) is 17.4. The Hall–Kier alpha value is -3.80. The second-order valence-electron chi connectivity index (χ2n) is 7.27. The molecule has 6 nitrogen and oxygen atoms in total. The van der Waals surface area contributed by atoms with Crippen molar-refractivity contribution in [1.82, 2.24) is 0 Å². The van der Waals surface area contributed by atoms with E-state index in [0.29, 0.717) is 28.4 Å². The molecule has 0 radical (unpaired) electrons. The Bertz CT molecular complexity index is 1100. The van der Waals surface area contributed by atoms with E-state index in [1.54, 1.807) is 36.4 Å². The maximum atomic E-state index is 13.4. The van der Waals surface area contributed by atoms with Crippen LogP contribution >= 0.6 is 0 Å². The van der Waals surface area contributed by atoms with E-state index in [1.807, 2.05) is 26.0 Å². The van der Waals surface area contributed by atoms with Gasteiger partial charge in [0.05, 0.1) is 26.9 Å². The SMILES string of the molecule is COc1cc(C(=O)OC(C(=O)c2ccc(C)c(C)c2)c2ccccc2)cc(OC)c1OC. The summed E-state index contributed by atoms with van der Waals surface area (Å²) < 4.78 is 21.7. The van der Waals surface area contributed by atoms with Crippen molar-refractivity contribution < 1.29 is 28.5 Å². The number of ether oxygens (including phenoxy) is 4. The molecule has 6 heteroatoms. The van der Waals surface area contributed by atoms with Crippen LogP contribution in [0.2, 0.25) is 0 Å². The number of rotatable bonds is 8. The first-order valence-corrected chi connectivity index (χ1v) is 10.1. The molecular formula is C26H26O6. The molecule has 0 aliphatic rings. The van der Waals surface area contributed by atoms with Crippen molar-refractivity contribution in [2.24, 2.45) is 0 Å². The van der Waals surface area contributed by atoms with Gasteiger partial charge in [0.2, 0.25) is 11.5 Å². The highest BCUT2D eigenvalue weighted by Gasteiger charge is 2.28. The Morgan fingerprint density at radius 2 is 1.34 bits per heavy atom. The highest BCUT2D eigenvalue weighted by Crippen LogP contribution is 2.38. The van der Waals surface area contributed by atoms with Crippen molar-refractivity contribution in [3.63, 3.8) is 0 Å². The third kappa shape index (κ3) is 4.75. The topological polar surface area (TPSA) is 71.1 Å². The number of Topliss-reactive ketones (excluding diaryl/α,β-unsaturated/α-hetero) is 1. The number of aryl methyl sites for hydroxylation is 2. The summed E-state index contributed by atoms with van der Waals surface area (Å²) in [5, 5.41) is 0. The number of hydrogen-bond donors (Lipinski definition) is 0. The van der Waals surface area contributed by atoms with Gasteiger partial charge >= 0.3 is 5.97 Å². The lowest BCUT2D eigenvalue weighted by molar-refractivity contribution is 0.0279. The predicted octanol–water partition coefficient (Wildman–Crippen LogP) is 5.11. The molecule has 166 valence electrons. The van der Waals surface area contributed by atoms with Gasteiger partial charge in [-0.05, 0) is 43.2 Å². The number of hydrogen-bond acceptors (Lipinski definition) is 6. The Balaban J connectivity index is 1.99. The van der Waals surface area contributed by atoms with Crippen LogP contribution in [0.15, 0.2) is 60.7 Å². The lowest BCUT2D eigenvalue weighted by atomic mass is 9.97. The first kappa shape index (κ1) is 22.9. The fourth-order valence-electron chi connectivity index (χ4n) is 3.32. The average molecular weight is 434 g/mol. The van der Waals surface area contributed by atoms with Gasteiger partial charge in [-0.3, -0.25) is 4.79 Å². The third-order valence-corrected chi connectivity index (χ3v) is 5.26. The van der Waals surface area contributed by atoms with Gasteiger partial charge in [-0.1, -0.05) is 42.5 Å². The maximum Gasteiger partial charge on any atom is 0.339 e. The van der Waals surface area contributed by atoms with Crippen LogP contribution in [0.5, 0.6) is 17.2 Å². The van der Waals surface area contributed by atoms with Gasteiger partial charge in [0.15, 0.2) is 17.6 Å². The van der Waals surface area contributed by atoms with Gasteiger partial charge in [0, 0.05) is 11.1 Å². The summed E-state index contributed by atoms with van der Waals surface area (Å²) in [5.74, 6) is -0.00107. The normalized spacial score (nSPS) is 11.4. The van der Waals surface area contributed by atoms with Crippen molar-refractivity contribution in [1.29, 1.82) is 0 Å². The summed E-state index contributed by atoms with van der Waals surface area (Å²) in [5.41, 5.74) is 3.29. The molecule has 3 rings (SSSR count). The molecule has 0 heterocycles. The number of carbonyl (C=O) groups excluding carboxylic acids is 2. The second kappa shape index (κ2) is 10.0. The van der Waals surface area contributed by atoms with Crippen LogP contribution in [0.1, 0.15) is 43.5 Å². The predicted molar refractivity (Wildman–Crippen MR) is 121 cm³/mol. The fourth-order valence-corrected chi connectivity index (χ4v) is 3.32. The van der Waals surface area contributed by atoms with Gasteiger partial charge < -0.3 is 18.9 Å². The van der Waals surface area contributed by atoms with E-state index in [0.717, 1.165) is 11.1 Å². The zero-order valence-corrected chi connectivity index (χ0v) is 18.8. The molecule has 0 saturated heterocycles. The van der Waals surface area contributed by atoms with Crippen LogP contribution in [-0.4, -0.2) is 33.1 Å². The monoisotopic (exact) mass is 434 g/mol. The Kier molecular flexibility index (Phi) is 7.15. The molecule has 0 N–H and O–H groups in total.